The Bertz CT molecular complexity index is 746. The number of aliphatic hydroxyl groups is 1. The molecule has 2 aromatic carbocycles. The van der Waals surface area contributed by atoms with Crippen molar-refractivity contribution in [2.24, 2.45) is 0 Å². The van der Waals surface area contributed by atoms with Crippen LogP contribution in [-0.4, -0.2) is 23.2 Å². The monoisotopic (exact) mass is 324 g/mol. The number of nitrogens with zero attached hydrogens (tertiary/aromatic N) is 1. The Morgan fingerprint density at radius 2 is 1.96 bits per heavy atom. The molecule has 0 radical (unpaired) electrons. The van der Waals surface area contributed by atoms with Crippen molar-refractivity contribution in [3.05, 3.63) is 65.2 Å². The first-order chi connectivity index (χ1) is 11.4. The van der Waals surface area contributed by atoms with E-state index < -0.39 is 5.54 Å². The van der Waals surface area contributed by atoms with Gasteiger partial charge in [-0.05, 0) is 55.8 Å². The van der Waals surface area contributed by atoms with Crippen LogP contribution in [0, 0.1) is 11.3 Å². The SMILES string of the molecule is CC(C)(CO)NC(=O)c1cccc(COc2ccc(C#N)cc2)c1. The highest BCUT2D eigenvalue weighted by molar-refractivity contribution is 5.94. The summed E-state index contributed by atoms with van der Waals surface area (Å²) in [6, 6.07) is 16.0. The zero-order valence-corrected chi connectivity index (χ0v) is 13.7. The number of carbonyl (C=O) groups excluding carboxylic acids is 1. The van der Waals surface area contributed by atoms with Crippen LogP contribution in [0.5, 0.6) is 5.75 Å². The maximum Gasteiger partial charge on any atom is 0.251 e. The fourth-order valence-corrected chi connectivity index (χ4v) is 2.01. The largest absolute Gasteiger partial charge is 0.489 e. The smallest absolute Gasteiger partial charge is 0.251 e. The first kappa shape index (κ1) is 17.5. The second-order valence-corrected chi connectivity index (χ2v) is 6.12. The van der Waals surface area contributed by atoms with Gasteiger partial charge in [0.25, 0.3) is 5.91 Å². The third-order valence-corrected chi connectivity index (χ3v) is 3.43. The van der Waals surface area contributed by atoms with Crippen LogP contribution in [0.4, 0.5) is 0 Å². The van der Waals surface area contributed by atoms with E-state index in [0.29, 0.717) is 23.5 Å². The molecule has 5 nitrogen and oxygen atoms in total. The second-order valence-electron chi connectivity index (χ2n) is 6.12. The van der Waals surface area contributed by atoms with E-state index in [-0.39, 0.29) is 12.5 Å². The van der Waals surface area contributed by atoms with Gasteiger partial charge in [-0.1, -0.05) is 12.1 Å². The molecule has 0 spiro atoms. The molecule has 0 aliphatic rings. The highest BCUT2D eigenvalue weighted by Gasteiger charge is 2.20. The third kappa shape index (κ3) is 4.83. The van der Waals surface area contributed by atoms with Crippen LogP contribution in [0.15, 0.2) is 48.5 Å². The number of hydrogen-bond donors (Lipinski definition) is 2. The topological polar surface area (TPSA) is 82.3 Å². The van der Waals surface area contributed by atoms with E-state index in [1.807, 2.05) is 6.07 Å². The van der Waals surface area contributed by atoms with Gasteiger partial charge in [0.2, 0.25) is 0 Å². The number of carbonyl (C=O) groups is 1. The van der Waals surface area contributed by atoms with Gasteiger partial charge in [-0.25, -0.2) is 0 Å². The Morgan fingerprint density at radius 3 is 2.58 bits per heavy atom. The van der Waals surface area contributed by atoms with Gasteiger partial charge in [-0.2, -0.15) is 5.26 Å². The number of amides is 1. The fourth-order valence-electron chi connectivity index (χ4n) is 2.01. The van der Waals surface area contributed by atoms with E-state index in [1.54, 1.807) is 56.3 Å². The molecule has 0 fully saturated rings. The highest BCUT2D eigenvalue weighted by Crippen LogP contribution is 2.15. The first-order valence-electron chi connectivity index (χ1n) is 7.59. The molecule has 0 unspecified atom stereocenters. The van der Waals surface area contributed by atoms with Crippen LogP contribution >= 0.6 is 0 Å². The molecule has 0 aliphatic heterocycles. The normalized spacial score (nSPS) is 10.8. The van der Waals surface area contributed by atoms with E-state index in [0.717, 1.165) is 5.56 Å². The van der Waals surface area contributed by atoms with Crippen molar-refractivity contribution >= 4 is 5.91 Å². The number of benzene rings is 2. The third-order valence-electron chi connectivity index (χ3n) is 3.43. The Kier molecular flexibility index (Phi) is 5.56. The fraction of sp³-hybridized carbons (Fsp3) is 0.263. The summed E-state index contributed by atoms with van der Waals surface area (Å²) in [6.07, 6.45) is 0. The molecule has 124 valence electrons. The minimum Gasteiger partial charge on any atom is -0.489 e. The molecule has 0 atom stereocenters. The van der Waals surface area contributed by atoms with Gasteiger partial charge >= 0.3 is 0 Å². The second kappa shape index (κ2) is 7.62. The van der Waals surface area contributed by atoms with Crippen LogP contribution in [0.2, 0.25) is 0 Å². The first-order valence-corrected chi connectivity index (χ1v) is 7.59. The summed E-state index contributed by atoms with van der Waals surface area (Å²) in [6.45, 7) is 3.68. The summed E-state index contributed by atoms with van der Waals surface area (Å²) in [5.41, 5.74) is 1.27. The lowest BCUT2D eigenvalue weighted by Gasteiger charge is -2.23. The number of ether oxygens (including phenoxy) is 1. The molecule has 5 heteroatoms. The predicted octanol–water partition coefficient (Wildman–Crippen LogP) is 2.64. The average Bonchev–Trinajstić information content (AvgIpc) is 2.60. The zero-order chi connectivity index (χ0) is 17.6. The zero-order valence-electron chi connectivity index (χ0n) is 13.7. The highest BCUT2D eigenvalue weighted by atomic mass is 16.5. The number of nitrogens with one attached hydrogen (secondary N) is 1. The van der Waals surface area contributed by atoms with Crippen LogP contribution in [0.3, 0.4) is 0 Å². The lowest BCUT2D eigenvalue weighted by Crippen LogP contribution is -2.46. The van der Waals surface area contributed by atoms with E-state index in [4.69, 9.17) is 10.00 Å². The lowest BCUT2D eigenvalue weighted by molar-refractivity contribution is 0.0869. The number of nitriles is 1. The molecule has 2 N–H and O–H groups in total. The molecule has 1 amide bonds. The summed E-state index contributed by atoms with van der Waals surface area (Å²) in [7, 11) is 0. The standard InChI is InChI=1S/C19H20N2O3/c1-19(2,13-22)21-18(23)16-5-3-4-15(10-16)12-24-17-8-6-14(11-20)7-9-17/h3-10,22H,12-13H2,1-2H3,(H,21,23). The van der Waals surface area contributed by atoms with Gasteiger partial charge in [0.15, 0.2) is 0 Å². The van der Waals surface area contributed by atoms with Gasteiger partial charge in [-0.15, -0.1) is 0 Å². The molecule has 2 aromatic rings. The molecular weight excluding hydrogens is 304 g/mol. The quantitative estimate of drug-likeness (QED) is 0.856. The van der Waals surface area contributed by atoms with Crippen molar-refractivity contribution < 1.29 is 14.6 Å². The molecule has 0 saturated carbocycles. The molecule has 0 saturated heterocycles. The Balaban J connectivity index is 2.02. The van der Waals surface area contributed by atoms with Crippen molar-refractivity contribution in [2.45, 2.75) is 26.0 Å². The van der Waals surface area contributed by atoms with E-state index in [1.165, 1.54) is 0 Å². The Labute approximate surface area is 141 Å². The van der Waals surface area contributed by atoms with Gasteiger partial charge in [0, 0.05) is 5.56 Å². The van der Waals surface area contributed by atoms with E-state index >= 15 is 0 Å². The van der Waals surface area contributed by atoms with E-state index in [2.05, 4.69) is 11.4 Å². The predicted molar refractivity (Wildman–Crippen MR) is 90.6 cm³/mol. The maximum atomic E-state index is 12.2. The van der Waals surface area contributed by atoms with Gasteiger partial charge in [-0.3, -0.25) is 4.79 Å². The molecule has 0 bridgehead atoms. The summed E-state index contributed by atoms with van der Waals surface area (Å²) < 4.78 is 5.67. The number of hydrogen-bond acceptors (Lipinski definition) is 4. The lowest BCUT2D eigenvalue weighted by atomic mass is 10.1. The van der Waals surface area contributed by atoms with Crippen molar-refractivity contribution in [3.63, 3.8) is 0 Å². The number of aliphatic hydroxyl groups excluding tert-OH is 1. The molecular formula is C19H20N2O3. The Morgan fingerprint density at radius 1 is 1.25 bits per heavy atom. The van der Waals surface area contributed by atoms with Gasteiger partial charge in [0.1, 0.15) is 12.4 Å². The van der Waals surface area contributed by atoms with Crippen molar-refractivity contribution in [2.75, 3.05) is 6.61 Å². The summed E-state index contributed by atoms with van der Waals surface area (Å²) in [4.78, 5) is 12.2. The molecule has 24 heavy (non-hydrogen) atoms. The Hall–Kier alpha value is -2.84. The van der Waals surface area contributed by atoms with E-state index in [9.17, 15) is 9.90 Å². The summed E-state index contributed by atoms with van der Waals surface area (Å²) in [5, 5.41) is 20.8. The van der Waals surface area contributed by atoms with Gasteiger partial charge in [0.05, 0.1) is 23.8 Å². The molecule has 0 aliphatic carbocycles. The minimum absolute atomic E-state index is 0.139. The van der Waals surface area contributed by atoms with Crippen molar-refractivity contribution in [3.8, 4) is 11.8 Å². The van der Waals surface area contributed by atoms with Crippen LogP contribution in [-0.2, 0) is 6.61 Å². The molecule has 0 aromatic heterocycles. The minimum atomic E-state index is -0.675. The van der Waals surface area contributed by atoms with Crippen LogP contribution < -0.4 is 10.1 Å². The molecule has 2 rings (SSSR count). The van der Waals surface area contributed by atoms with Crippen LogP contribution in [0.25, 0.3) is 0 Å². The van der Waals surface area contributed by atoms with Crippen molar-refractivity contribution in [1.82, 2.24) is 5.32 Å². The molecule has 0 heterocycles. The number of rotatable bonds is 6. The van der Waals surface area contributed by atoms with Crippen LogP contribution in [0.1, 0.15) is 35.3 Å². The average molecular weight is 324 g/mol. The summed E-state index contributed by atoms with van der Waals surface area (Å²) in [5.74, 6) is 0.416. The summed E-state index contributed by atoms with van der Waals surface area (Å²) >= 11 is 0. The maximum absolute atomic E-state index is 12.2. The van der Waals surface area contributed by atoms with Crippen molar-refractivity contribution in [1.29, 1.82) is 5.26 Å². The van der Waals surface area contributed by atoms with Gasteiger partial charge < -0.3 is 15.2 Å².